The highest BCUT2D eigenvalue weighted by Gasteiger charge is 2.23. The summed E-state index contributed by atoms with van der Waals surface area (Å²) in [7, 11) is -3.45. The van der Waals surface area contributed by atoms with E-state index in [0.717, 1.165) is 5.01 Å². The van der Waals surface area contributed by atoms with E-state index in [1.807, 2.05) is 0 Å². The monoisotopic (exact) mass is 234 g/mol. The summed E-state index contributed by atoms with van der Waals surface area (Å²) in [4.78, 5) is 3.93. The van der Waals surface area contributed by atoms with Gasteiger partial charge >= 0.3 is 0 Å². The van der Waals surface area contributed by atoms with Crippen LogP contribution in [0.15, 0.2) is 10.4 Å². The first kappa shape index (κ1) is 11.6. The molecule has 1 rings (SSSR count). The molecule has 0 aliphatic carbocycles. The number of aryl methyl sites for hydroxylation is 1. The van der Waals surface area contributed by atoms with Crippen molar-refractivity contribution in [2.45, 2.75) is 38.3 Å². The minimum Gasteiger partial charge on any atom is -0.229 e. The van der Waals surface area contributed by atoms with Crippen LogP contribution in [0.25, 0.3) is 0 Å². The van der Waals surface area contributed by atoms with Gasteiger partial charge in [-0.15, -0.1) is 11.3 Å². The Labute approximate surface area is 88.4 Å². The lowest BCUT2D eigenvalue weighted by Gasteiger charge is -2.19. The molecule has 0 unspecified atom stereocenters. The van der Waals surface area contributed by atoms with Gasteiger partial charge in [-0.05, 0) is 27.7 Å². The molecule has 14 heavy (non-hydrogen) atoms. The average Bonchev–Trinajstić information content (AvgIpc) is 2.29. The van der Waals surface area contributed by atoms with E-state index >= 15 is 0 Å². The van der Waals surface area contributed by atoms with Crippen LogP contribution in [-0.4, -0.2) is 18.9 Å². The Morgan fingerprint density at radius 3 is 2.36 bits per heavy atom. The van der Waals surface area contributed by atoms with Gasteiger partial charge in [0.2, 0.25) is 0 Å². The van der Waals surface area contributed by atoms with E-state index in [2.05, 4.69) is 9.71 Å². The Morgan fingerprint density at radius 1 is 1.43 bits per heavy atom. The van der Waals surface area contributed by atoms with Gasteiger partial charge in [0.25, 0.3) is 10.0 Å². The van der Waals surface area contributed by atoms with E-state index in [4.69, 9.17) is 0 Å². The van der Waals surface area contributed by atoms with Crippen LogP contribution in [0, 0.1) is 6.92 Å². The lowest BCUT2D eigenvalue weighted by Crippen LogP contribution is -2.40. The van der Waals surface area contributed by atoms with Gasteiger partial charge in [0.15, 0.2) is 5.03 Å². The smallest absolute Gasteiger partial charge is 0.229 e. The first-order valence-electron chi connectivity index (χ1n) is 4.17. The fourth-order valence-corrected chi connectivity index (χ4v) is 3.27. The van der Waals surface area contributed by atoms with E-state index in [1.165, 1.54) is 11.3 Å². The molecule has 1 heterocycles. The van der Waals surface area contributed by atoms with E-state index < -0.39 is 15.6 Å². The zero-order chi connectivity index (χ0) is 11.0. The van der Waals surface area contributed by atoms with Crippen molar-refractivity contribution in [1.29, 1.82) is 0 Å². The largest absolute Gasteiger partial charge is 0.259 e. The molecule has 80 valence electrons. The maximum absolute atomic E-state index is 11.7. The summed E-state index contributed by atoms with van der Waals surface area (Å²) in [6.45, 7) is 7.16. The van der Waals surface area contributed by atoms with Crippen molar-refractivity contribution in [2.75, 3.05) is 0 Å². The fourth-order valence-electron chi connectivity index (χ4n) is 0.922. The Kier molecular flexibility index (Phi) is 2.99. The van der Waals surface area contributed by atoms with E-state index in [0.29, 0.717) is 0 Å². The molecule has 0 atom stereocenters. The zero-order valence-electron chi connectivity index (χ0n) is 8.66. The quantitative estimate of drug-likeness (QED) is 0.844. The molecular weight excluding hydrogens is 220 g/mol. The molecule has 0 aliphatic rings. The predicted octanol–water partition coefficient (Wildman–Crippen LogP) is 1.53. The molecule has 0 aromatic carbocycles. The molecule has 0 bridgehead atoms. The number of nitrogens with zero attached hydrogens (tertiary/aromatic N) is 1. The topological polar surface area (TPSA) is 59.1 Å². The molecule has 0 saturated carbocycles. The highest BCUT2D eigenvalue weighted by molar-refractivity contribution is 7.89. The van der Waals surface area contributed by atoms with Gasteiger partial charge < -0.3 is 0 Å². The Bertz CT molecular complexity index is 415. The molecule has 0 spiro atoms. The third kappa shape index (κ3) is 3.04. The van der Waals surface area contributed by atoms with Gasteiger partial charge in [-0.2, -0.15) is 0 Å². The van der Waals surface area contributed by atoms with Crippen LogP contribution in [0.3, 0.4) is 0 Å². The van der Waals surface area contributed by atoms with Crippen molar-refractivity contribution in [1.82, 2.24) is 9.71 Å². The Balaban J connectivity index is 2.98. The maximum Gasteiger partial charge on any atom is 0.259 e. The van der Waals surface area contributed by atoms with Crippen molar-refractivity contribution in [3.8, 4) is 0 Å². The van der Waals surface area contributed by atoms with Crippen LogP contribution in [0.5, 0.6) is 0 Å². The summed E-state index contributed by atoms with van der Waals surface area (Å²) in [5, 5.41) is 2.40. The van der Waals surface area contributed by atoms with E-state index in [9.17, 15) is 8.42 Å². The molecule has 0 aliphatic heterocycles. The van der Waals surface area contributed by atoms with Crippen molar-refractivity contribution in [2.24, 2.45) is 0 Å². The van der Waals surface area contributed by atoms with Gasteiger partial charge in [-0.3, -0.25) is 0 Å². The standard InChI is InChI=1S/C8H14N2O2S2/c1-6-9-7(5-13-6)14(11,12)10-8(2,3)4/h5,10H,1-4H3. The van der Waals surface area contributed by atoms with Gasteiger partial charge in [0, 0.05) is 10.9 Å². The number of aromatic nitrogens is 1. The molecule has 0 amide bonds. The van der Waals surface area contributed by atoms with Gasteiger partial charge in [0.05, 0.1) is 5.01 Å². The second-order valence-electron chi connectivity index (χ2n) is 4.06. The highest BCUT2D eigenvalue weighted by atomic mass is 32.2. The van der Waals surface area contributed by atoms with Crippen LogP contribution in [-0.2, 0) is 10.0 Å². The maximum atomic E-state index is 11.7. The zero-order valence-corrected chi connectivity index (χ0v) is 10.3. The third-order valence-electron chi connectivity index (χ3n) is 1.31. The summed E-state index contributed by atoms with van der Waals surface area (Å²) < 4.78 is 25.9. The Hall–Kier alpha value is -0.460. The van der Waals surface area contributed by atoms with Gasteiger partial charge in [-0.25, -0.2) is 18.1 Å². The van der Waals surface area contributed by atoms with Crippen molar-refractivity contribution in [3.05, 3.63) is 10.4 Å². The molecule has 1 aromatic heterocycles. The first-order valence-corrected chi connectivity index (χ1v) is 6.53. The molecule has 6 heteroatoms. The number of thiazole rings is 1. The third-order valence-corrected chi connectivity index (χ3v) is 3.88. The molecule has 0 radical (unpaired) electrons. The van der Waals surface area contributed by atoms with Crippen LogP contribution < -0.4 is 4.72 Å². The Morgan fingerprint density at radius 2 is 2.00 bits per heavy atom. The minimum atomic E-state index is -3.45. The normalized spacial score (nSPS) is 13.1. The summed E-state index contributed by atoms with van der Waals surface area (Å²) in [6, 6.07) is 0. The van der Waals surface area contributed by atoms with Crippen LogP contribution >= 0.6 is 11.3 Å². The number of hydrogen-bond acceptors (Lipinski definition) is 4. The molecule has 4 nitrogen and oxygen atoms in total. The van der Waals surface area contributed by atoms with Gasteiger partial charge in [0.1, 0.15) is 0 Å². The average molecular weight is 234 g/mol. The first-order chi connectivity index (χ1) is 6.21. The van der Waals surface area contributed by atoms with E-state index in [1.54, 1.807) is 33.1 Å². The van der Waals surface area contributed by atoms with Crippen molar-refractivity contribution in [3.63, 3.8) is 0 Å². The molecule has 0 fully saturated rings. The van der Waals surface area contributed by atoms with Crippen molar-refractivity contribution >= 4 is 21.4 Å². The predicted molar refractivity (Wildman–Crippen MR) is 56.9 cm³/mol. The summed E-state index contributed by atoms with van der Waals surface area (Å²) in [6.07, 6.45) is 0. The summed E-state index contributed by atoms with van der Waals surface area (Å²) in [5.41, 5.74) is -0.476. The summed E-state index contributed by atoms with van der Waals surface area (Å²) in [5.74, 6) is 0. The molecule has 1 aromatic rings. The minimum absolute atomic E-state index is 0.106. The van der Waals surface area contributed by atoms with E-state index in [-0.39, 0.29) is 5.03 Å². The summed E-state index contributed by atoms with van der Waals surface area (Å²) >= 11 is 1.33. The van der Waals surface area contributed by atoms with Gasteiger partial charge in [-0.1, -0.05) is 0 Å². The molecular formula is C8H14N2O2S2. The van der Waals surface area contributed by atoms with Crippen LogP contribution in [0.2, 0.25) is 0 Å². The number of sulfonamides is 1. The number of rotatable bonds is 2. The second-order valence-corrected chi connectivity index (χ2v) is 6.75. The second kappa shape index (κ2) is 3.60. The van der Waals surface area contributed by atoms with Crippen LogP contribution in [0.1, 0.15) is 25.8 Å². The lowest BCUT2D eigenvalue weighted by molar-refractivity contribution is 0.490. The highest BCUT2D eigenvalue weighted by Crippen LogP contribution is 2.15. The molecule has 0 saturated heterocycles. The van der Waals surface area contributed by atoms with Crippen molar-refractivity contribution < 1.29 is 8.42 Å². The van der Waals surface area contributed by atoms with Crippen LogP contribution in [0.4, 0.5) is 0 Å². The lowest BCUT2D eigenvalue weighted by atomic mass is 10.1. The number of hydrogen-bond donors (Lipinski definition) is 1. The SMILES string of the molecule is Cc1nc(S(=O)(=O)NC(C)(C)C)cs1. The fraction of sp³-hybridized carbons (Fsp3) is 0.625. The molecule has 1 N–H and O–H groups in total. The number of nitrogens with one attached hydrogen (secondary N) is 1.